The van der Waals surface area contributed by atoms with Gasteiger partial charge < -0.3 is 20.6 Å². The maximum atomic E-state index is 12.4. The average molecular weight is 450 g/mol. The molecule has 0 saturated heterocycles. The molecule has 4 rings (SSSR count). The van der Waals surface area contributed by atoms with Crippen molar-refractivity contribution in [2.75, 3.05) is 16.8 Å². The average Bonchev–Trinajstić information content (AvgIpc) is 3.26. The van der Waals surface area contributed by atoms with Crippen molar-refractivity contribution in [1.29, 1.82) is 0 Å². The molecular formula is C23H27N7O3. The van der Waals surface area contributed by atoms with Gasteiger partial charge in [0, 0.05) is 55.9 Å². The molecule has 3 aromatic rings. The lowest BCUT2D eigenvalue weighted by molar-refractivity contribution is -0.117. The van der Waals surface area contributed by atoms with E-state index in [0.29, 0.717) is 25.5 Å². The first-order valence-electron chi connectivity index (χ1n) is 10.9. The van der Waals surface area contributed by atoms with Crippen LogP contribution in [0.5, 0.6) is 0 Å². The zero-order chi connectivity index (χ0) is 23.4. The lowest BCUT2D eigenvalue weighted by atomic mass is 9.89. The second-order valence-corrected chi connectivity index (χ2v) is 8.09. The van der Waals surface area contributed by atoms with Crippen molar-refractivity contribution in [3.05, 3.63) is 54.6 Å². The molecule has 0 saturated carbocycles. The van der Waals surface area contributed by atoms with Crippen molar-refractivity contribution in [2.45, 2.75) is 45.3 Å². The normalized spacial score (nSPS) is 17.3. The van der Waals surface area contributed by atoms with Crippen molar-refractivity contribution in [3.63, 3.8) is 0 Å². The van der Waals surface area contributed by atoms with Gasteiger partial charge in [-0.25, -0.2) is 14.8 Å². The summed E-state index contributed by atoms with van der Waals surface area (Å²) in [6, 6.07) is 7.82. The number of anilines is 2. The number of rotatable bonds is 7. The molecule has 1 aliphatic heterocycles. The Morgan fingerprint density at radius 3 is 2.73 bits per heavy atom. The van der Waals surface area contributed by atoms with E-state index in [1.807, 2.05) is 30.2 Å². The van der Waals surface area contributed by atoms with Crippen LogP contribution in [0.4, 0.5) is 16.4 Å². The standard InChI is InChI=1S/C23H27N7O3/c1-15-11-20(28-22-24-7-3-8-25-22)19-12-17(5-6-21(19)30(15)16(2)31)18-13-27-29(14-18)10-4-9-26-23(32)33/h3,5-8,12-15,20,26H,4,9-11H2,1-2H3,(H,32,33)(H,24,25,28)/t15-,20+/m0/s1. The van der Waals surface area contributed by atoms with Gasteiger partial charge in [-0.2, -0.15) is 5.10 Å². The summed E-state index contributed by atoms with van der Waals surface area (Å²) in [6.07, 6.45) is 7.48. The van der Waals surface area contributed by atoms with Crippen LogP contribution in [0.25, 0.3) is 11.1 Å². The van der Waals surface area contributed by atoms with Crippen LogP contribution in [0.1, 0.15) is 38.3 Å². The minimum Gasteiger partial charge on any atom is -0.465 e. The Kier molecular flexibility index (Phi) is 6.53. The van der Waals surface area contributed by atoms with Crippen LogP contribution in [-0.2, 0) is 11.3 Å². The summed E-state index contributed by atoms with van der Waals surface area (Å²) in [5.41, 5.74) is 3.83. The number of benzene rings is 1. The first-order valence-corrected chi connectivity index (χ1v) is 10.9. The van der Waals surface area contributed by atoms with Gasteiger partial charge >= 0.3 is 6.09 Å². The maximum Gasteiger partial charge on any atom is 0.404 e. The Morgan fingerprint density at radius 2 is 2.00 bits per heavy atom. The molecule has 2 amide bonds. The van der Waals surface area contributed by atoms with Crippen LogP contribution < -0.4 is 15.5 Å². The highest BCUT2D eigenvalue weighted by Gasteiger charge is 2.33. The Hall–Kier alpha value is -3.95. The summed E-state index contributed by atoms with van der Waals surface area (Å²) in [7, 11) is 0. The van der Waals surface area contributed by atoms with E-state index in [-0.39, 0.29) is 18.0 Å². The topological polar surface area (TPSA) is 125 Å². The van der Waals surface area contributed by atoms with Crippen molar-refractivity contribution in [1.82, 2.24) is 25.1 Å². The summed E-state index contributed by atoms with van der Waals surface area (Å²) < 4.78 is 1.80. The van der Waals surface area contributed by atoms with E-state index >= 15 is 0 Å². The largest absolute Gasteiger partial charge is 0.465 e. The summed E-state index contributed by atoms with van der Waals surface area (Å²) in [5, 5.41) is 18.9. The fourth-order valence-corrected chi connectivity index (χ4v) is 4.26. The van der Waals surface area contributed by atoms with E-state index < -0.39 is 6.09 Å². The third kappa shape index (κ3) is 5.11. The van der Waals surface area contributed by atoms with Crippen LogP contribution in [0.2, 0.25) is 0 Å². The second kappa shape index (κ2) is 9.68. The van der Waals surface area contributed by atoms with Crippen LogP contribution >= 0.6 is 0 Å². The Morgan fingerprint density at radius 1 is 1.21 bits per heavy atom. The Labute approximate surface area is 191 Å². The number of hydrogen-bond donors (Lipinski definition) is 3. The lowest BCUT2D eigenvalue weighted by Gasteiger charge is -2.39. The second-order valence-electron chi connectivity index (χ2n) is 8.09. The van der Waals surface area contributed by atoms with E-state index in [1.165, 1.54) is 0 Å². The zero-order valence-corrected chi connectivity index (χ0v) is 18.6. The fourth-order valence-electron chi connectivity index (χ4n) is 4.26. The molecule has 0 aliphatic carbocycles. The number of carboxylic acid groups (broad SMARTS) is 1. The van der Waals surface area contributed by atoms with Gasteiger partial charge in [0.05, 0.1) is 12.2 Å². The summed E-state index contributed by atoms with van der Waals surface area (Å²) in [4.78, 5) is 33.4. The molecule has 1 aliphatic rings. The van der Waals surface area contributed by atoms with E-state index in [4.69, 9.17) is 5.11 Å². The quantitative estimate of drug-likeness (QED) is 0.473. The van der Waals surface area contributed by atoms with Crippen LogP contribution in [-0.4, -0.2) is 49.4 Å². The number of nitrogens with one attached hydrogen (secondary N) is 2. The van der Waals surface area contributed by atoms with Crippen molar-refractivity contribution in [3.8, 4) is 11.1 Å². The highest BCUT2D eigenvalue weighted by Crippen LogP contribution is 2.40. The lowest BCUT2D eigenvalue weighted by Crippen LogP contribution is -2.43. The summed E-state index contributed by atoms with van der Waals surface area (Å²) >= 11 is 0. The van der Waals surface area contributed by atoms with E-state index in [0.717, 1.165) is 28.8 Å². The summed E-state index contributed by atoms with van der Waals surface area (Å²) in [5.74, 6) is 0.554. The molecule has 172 valence electrons. The number of nitrogens with zero attached hydrogens (tertiary/aromatic N) is 5. The monoisotopic (exact) mass is 449 g/mol. The van der Waals surface area contributed by atoms with Gasteiger partial charge in [0.25, 0.3) is 0 Å². The third-order valence-corrected chi connectivity index (χ3v) is 5.70. The van der Waals surface area contributed by atoms with Gasteiger partial charge in [0.15, 0.2) is 0 Å². The molecule has 10 nitrogen and oxygen atoms in total. The number of aryl methyl sites for hydroxylation is 1. The third-order valence-electron chi connectivity index (χ3n) is 5.70. The number of hydrogen-bond acceptors (Lipinski definition) is 6. The molecule has 0 spiro atoms. The minimum absolute atomic E-state index is 0.00806. The molecule has 0 bridgehead atoms. The zero-order valence-electron chi connectivity index (χ0n) is 18.6. The first-order chi connectivity index (χ1) is 15.9. The maximum absolute atomic E-state index is 12.4. The van der Waals surface area contributed by atoms with E-state index in [2.05, 4.69) is 31.8 Å². The van der Waals surface area contributed by atoms with Gasteiger partial charge in [0.2, 0.25) is 11.9 Å². The highest BCUT2D eigenvalue weighted by atomic mass is 16.4. The van der Waals surface area contributed by atoms with Crippen molar-refractivity contribution < 1.29 is 14.7 Å². The molecule has 2 aromatic heterocycles. The Balaban J connectivity index is 1.60. The fraction of sp³-hybridized carbons (Fsp3) is 0.348. The number of fused-ring (bicyclic) bond motifs is 1. The van der Waals surface area contributed by atoms with Crippen LogP contribution in [0.15, 0.2) is 49.1 Å². The van der Waals surface area contributed by atoms with Gasteiger partial charge in [-0.05, 0) is 49.1 Å². The van der Waals surface area contributed by atoms with Crippen molar-refractivity contribution in [2.24, 2.45) is 0 Å². The van der Waals surface area contributed by atoms with E-state index in [9.17, 15) is 9.59 Å². The summed E-state index contributed by atoms with van der Waals surface area (Å²) in [6.45, 7) is 4.61. The van der Waals surface area contributed by atoms with Crippen LogP contribution in [0.3, 0.4) is 0 Å². The van der Waals surface area contributed by atoms with Gasteiger partial charge in [-0.1, -0.05) is 6.07 Å². The van der Waals surface area contributed by atoms with Gasteiger partial charge in [0.1, 0.15) is 0 Å². The molecule has 0 unspecified atom stereocenters. The predicted octanol–water partition coefficient (Wildman–Crippen LogP) is 3.30. The van der Waals surface area contributed by atoms with Crippen LogP contribution in [0, 0.1) is 0 Å². The van der Waals surface area contributed by atoms with Crippen molar-refractivity contribution >= 4 is 23.6 Å². The minimum atomic E-state index is -1.02. The smallest absolute Gasteiger partial charge is 0.404 e. The number of aromatic nitrogens is 4. The Bertz CT molecular complexity index is 1130. The molecule has 3 heterocycles. The molecule has 0 radical (unpaired) electrons. The molecule has 0 fully saturated rings. The van der Waals surface area contributed by atoms with Gasteiger partial charge in [-0.3, -0.25) is 9.48 Å². The molecule has 3 N–H and O–H groups in total. The number of carbonyl (C=O) groups excluding carboxylic acids is 1. The predicted molar refractivity (Wildman–Crippen MR) is 124 cm³/mol. The molecule has 1 aromatic carbocycles. The first kappa shape index (κ1) is 22.3. The molecular weight excluding hydrogens is 422 g/mol. The number of amides is 2. The highest BCUT2D eigenvalue weighted by molar-refractivity contribution is 5.94. The SMILES string of the molecule is CC(=O)N1c2ccc(-c3cnn(CCCNC(=O)O)c3)cc2[C@H](Nc2ncccn2)C[C@@H]1C. The molecule has 2 atom stereocenters. The molecule has 10 heteroatoms. The van der Waals surface area contributed by atoms with E-state index in [1.54, 1.807) is 36.3 Å². The molecule has 33 heavy (non-hydrogen) atoms. The number of carbonyl (C=O) groups is 2. The van der Waals surface area contributed by atoms with Gasteiger partial charge in [-0.15, -0.1) is 0 Å².